The maximum absolute atomic E-state index is 12.8. The molecule has 3 rings (SSSR count). The van der Waals surface area contributed by atoms with Crippen molar-refractivity contribution >= 4 is 5.91 Å². The van der Waals surface area contributed by atoms with E-state index >= 15 is 0 Å². The second-order valence-electron chi connectivity index (χ2n) is 5.74. The third-order valence-corrected chi connectivity index (χ3v) is 3.93. The SMILES string of the molecule is Cc1nn(C(F)F)cc1-c1cccc(C(=O)NC[C@@H]2COCCO2)c1. The molecule has 1 saturated heterocycles. The van der Waals surface area contributed by atoms with Crippen LogP contribution in [0.3, 0.4) is 0 Å². The van der Waals surface area contributed by atoms with E-state index in [9.17, 15) is 13.6 Å². The predicted octanol–water partition coefficient (Wildman–Crippen LogP) is 2.40. The van der Waals surface area contributed by atoms with Crippen LogP contribution in [0.5, 0.6) is 0 Å². The second kappa shape index (κ2) is 7.71. The summed E-state index contributed by atoms with van der Waals surface area (Å²) in [6.07, 6.45) is 1.12. The maximum Gasteiger partial charge on any atom is 0.333 e. The van der Waals surface area contributed by atoms with Gasteiger partial charge >= 0.3 is 6.55 Å². The van der Waals surface area contributed by atoms with Gasteiger partial charge in [-0.2, -0.15) is 13.9 Å². The van der Waals surface area contributed by atoms with Gasteiger partial charge in [0.1, 0.15) is 0 Å². The summed E-state index contributed by atoms with van der Waals surface area (Å²) in [4.78, 5) is 12.3. The van der Waals surface area contributed by atoms with Gasteiger partial charge in [0.05, 0.1) is 31.6 Å². The molecule has 6 nitrogen and oxygen atoms in total. The first-order valence-corrected chi connectivity index (χ1v) is 7.96. The van der Waals surface area contributed by atoms with Gasteiger partial charge in [0.2, 0.25) is 0 Å². The number of hydrogen-bond acceptors (Lipinski definition) is 4. The fraction of sp³-hybridized carbons (Fsp3) is 0.412. The highest BCUT2D eigenvalue weighted by Crippen LogP contribution is 2.25. The number of aryl methyl sites for hydroxylation is 1. The van der Waals surface area contributed by atoms with Gasteiger partial charge in [0.25, 0.3) is 5.91 Å². The molecular formula is C17H19F2N3O3. The number of nitrogens with zero attached hydrogens (tertiary/aromatic N) is 2. The number of rotatable bonds is 5. The van der Waals surface area contributed by atoms with Crippen LogP contribution in [-0.2, 0) is 9.47 Å². The largest absolute Gasteiger partial charge is 0.376 e. The van der Waals surface area contributed by atoms with Crippen molar-refractivity contribution in [2.45, 2.75) is 19.6 Å². The average molecular weight is 351 g/mol. The van der Waals surface area contributed by atoms with Crippen LogP contribution in [0.1, 0.15) is 22.6 Å². The molecule has 1 fully saturated rings. The Kier molecular flexibility index (Phi) is 5.40. The number of nitrogens with one attached hydrogen (secondary N) is 1. The third-order valence-electron chi connectivity index (χ3n) is 3.93. The first-order chi connectivity index (χ1) is 12.0. The topological polar surface area (TPSA) is 65.4 Å². The van der Waals surface area contributed by atoms with E-state index in [-0.39, 0.29) is 12.0 Å². The van der Waals surface area contributed by atoms with Gasteiger partial charge in [-0.15, -0.1) is 0 Å². The van der Waals surface area contributed by atoms with Gasteiger partial charge in [0.15, 0.2) is 0 Å². The molecule has 8 heteroatoms. The molecule has 1 atom stereocenters. The minimum absolute atomic E-state index is 0.160. The van der Waals surface area contributed by atoms with Gasteiger partial charge in [-0.1, -0.05) is 12.1 Å². The molecule has 0 spiro atoms. The summed E-state index contributed by atoms with van der Waals surface area (Å²) in [5.41, 5.74) is 2.15. The molecule has 1 aromatic carbocycles. The number of carbonyl (C=O) groups excluding carboxylic acids is 1. The van der Waals surface area contributed by atoms with Crippen LogP contribution in [0.25, 0.3) is 11.1 Å². The molecule has 1 amide bonds. The smallest absolute Gasteiger partial charge is 0.333 e. The summed E-state index contributed by atoms with van der Waals surface area (Å²) in [5.74, 6) is -0.255. The predicted molar refractivity (Wildman–Crippen MR) is 86.5 cm³/mol. The second-order valence-corrected chi connectivity index (χ2v) is 5.74. The fourth-order valence-corrected chi connectivity index (χ4v) is 2.66. The number of amides is 1. The Balaban J connectivity index is 1.71. The van der Waals surface area contributed by atoms with Gasteiger partial charge in [-0.3, -0.25) is 4.79 Å². The van der Waals surface area contributed by atoms with E-state index in [1.807, 2.05) is 0 Å². The van der Waals surface area contributed by atoms with Crippen molar-refractivity contribution < 1.29 is 23.0 Å². The molecule has 1 aliphatic rings. The normalized spacial score (nSPS) is 17.7. The first kappa shape index (κ1) is 17.5. The number of alkyl halides is 2. The number of benzene rings is 1. The van der Waals surface area contributed by atoms with E-state index in [1.165, 1.54) is 6.20 Å². The summed E-state index contributed by atoms with van der Waals surface area (Å²) in [6.45, 7) is 0.845. The summed E-state index contributed by atoms with van der Waals surface area (Å²) in [7, 11) is 0. The highest BCUT2D eigenvalue weighted by atomic mass is 19.3. The lowest BCUT2D eigenvalue weighted by Gasteiger charge is -2.23. The van der Waals surface area contributed by atoms with E-state index in [1.54, 1.807) is 31.2 Å². The van der Waals surface area contributed by atoms with Gasteiger partial charge in [-0.05, 0) is 24.6 Å². The van der Waals surface area contributed by atoms with Crippen molar-refractivity contribution in [2.75, 3.05) is 26.4 Å². The molecule has 0 unspecified atom stereocenters. The number of carbonyl (C=O) groups is 1. The van der Waals surface area contributed by atoms with Crippen LogP contribution < -0.4 is 5.32 Å². The molecule has 2 aromatic rings. The Morgan fingerprint density at radius 2 is 2.28 bits per heavy atom. The van der Waals surface area contributed by atoms with Gasteiger partial charge in [0, 0.05) is 23.9 Å². The van der Waals surface area contributed by atoms with Crippen LogP contribution in [-0.4, -0.2) is 48.2 Å². The van der Waals surface area contributed by atoms with Gasteiger partial charge < -0.3 is 14.8 Å². The molecule has 0 saturated carbocycles. The number of ether oxygens (including phenoxy) is 2. The highest BCUT2D eigenvalue weighted by molar-refractivity contribution is 5.95. The fourth-order valence-electron chi connectivity index (χ4n) is 2.66. The zero-order valence-electron chi connectivity index (χ0n) is 13.7. The standard InChI is InChI=1S/C17H19F2N3O3/c1-11-15(9-22(21-11)17(18)19)12-3-2-4-13(7-12)16(23)20-8-14-10-24-5-6-25-14/h2-4,7,9,14,17H,5-6,8,10H2,1H3,(H,20,23)/t14-/m1/s1. The number of aromatic nitrogens is 2. The van der Waals surface area contributed by atoms with Gasteiger partial charge in [-0.25, -0.2) is 4.68 Å². The minimum atomic E-state index is -2.70. The van der Waals surface area contributed by atoms with Crippen LogP contribution in [0.4, 0.5) is 8.78 Å². The number of hydrogen-bond donors (Lipinski definition) is 1. The molecular weight excluding hydrogens is 332 g/mol. The zero-order chi connectivity index (χ0) is 17.8. The lowest BCUT2D eigenvalue weighted by molar-refractivity contribution is -0.0855. The Bertz CT molecular complexity index is 742. The van der Waals surface area contributed by atoms with Crippen molar-refractivity contribution in [3.05, 3.63) is 41.7 Å². The lowest BCUT2D eigenvalue weighted by Crippen LogP contribution is -2.39. The van der Waals surface area contributed by atoms with Crippen molar-refractivity contribution in [1.29, 1.82) is 0 Å². The Morgan fingerprint density at radius 3 is 2.96 bits per heavy atom. The molecule has 1 N–H and O–H groups in total. The molecule has 2 heterocycles. The van der Waals surface area contributed by atoms with Crippen molar-refractivity contribution in [3.63, 3.8) is 0 Å². The first-order valence-electron chi connectivity index (χ1n) is 7.96. The van der Waals surface area contributed by atoms with Crippen LogP contribution in [0.15, 0.2) is 30.5 Å². The van der Waals surface area contributed by atoms with Crippen molar-refractivity contribution in [1.82, 2.24) is 15.1 Å². The molecule has 134 valence electrons. The van der Waals surface area contributed by atoms with Crippen LogP contribution in [0.2, 0.25) is 0 Å². The highest BCUT2D eigenvalue weighted by Gasteiger charge is 2.17. The molecule has 0 bridgehead atoms. The Labute approximate surface area is 143 Å². The Morgan fingerprint density at radius 1 is 1.44 bits per heavy atom. The lowest BCUT2D eigenvalue weighted by atomic mass is 10.0. The molecule has 25 heavy (non-hydrogen) atoms. The molecule has 0 aliphatic carbocycles. The van der Waals surface area contributed by atoms with Crippen LogP contribution >= 0.6 is 0 Å². The van der Waals surface area contributed by atoms with E-state index < -0.39 is 6.55 Å². The van der Waals surface area contributed by atoms with Crippen molar-refractivity contribution in [2.24, 2.45) is 0 Å². The molecule has 0 radical (unpaired) electrons. The quantitative estimate of drug-likeness (QED) is 0.898. The average Bonchev–Trinajstić information content (AvgIpc) is 3.03. The zero-order valence-corrected chi connectivity index (χ0v) is 13.7. The van der Waals surface area contributed by atoms with Crippen molar-refractivity contribution in [3.8, 4) is 11.1 Å². The Hall–Kier alpha value is -2.32. The summed E-state index contributed by atoms with van der Waals surface area (Å²) >= 11 is 0. The van der Waals surface area contributed by atoms with E-state index in [4.69, 9.17) is 9.47 Å². The van der Waals surface area contributed by atoms with Crippen LogP contribution in [0, 0.1) is 6.92 Å². The van der Waals surface area contributed by atoms with E-state index in [0.29, 0.717) is 53.4 Å². The third kappa shape index (κ3) is 4.21. The summed E-state index contributed by atoms with van der Waals surface area (Å²) in [6, 6.07) is 6.80. The van der Waals surface area contributed by atoms with E-state index in [0.717, 1.165) is 0 Å². The molecule has 1 aliphatic heterocycles. The monoisotopic (exact) mass is 351 g/mol. The minimum Gasteiger partial charge on any atom is -0.376 e. The van der Waals surface area contributed by atoms with E-state index in [2.05, 4.69) is 10.4 Å². The molecule has 1 aromatic heterocycles. The summed E-state index contributed by atoms with van der Waals surface area (Å²) in [5, 5.41) is 6.59. The number of halogens is 2. The summed E-state index contributed by atoms with van der Waals surface area (Å²) < 4.78 is 36.9. The maximum atomic E-state index is 12.8.